The molecule has 2 rings (SSSR count). The number of fused-ring (bicyclic) bond motifs is 1. The van der Waals surface area contributed by atoms with Crippen molar-refractivity contribution in [3.63, 3.8) is 0 Å². The molecule has 1 unspecified atom stereocenters. The number of nitrogens with two attached hydrogens (primary N) is 1. The molecule has 0 saturated heterocycles. The second-order valence-electron chi connectivity index (χ2n) is 4.97. The standard InChI is InChI=1S/C15H21N3O2/c1-3-11(16)15(20)18-12-8-6-5-7-10(12)9-13(18)14(19)17-4-2/h5-8,11,13H,3-4,9,16H2,1-2H3,(H,17,19)/t11?,13-/m0/s1. The summed E-state index contributed by atoms with van der Waals surface area (Å²) in [7, 11) is 0. The lowest BCUT2D eigenvalue weighted by molar-refractivity contribution is -0.126. The second kappa shape index (κ2) is 6.05. The van der Waals surface area contributed by atoms with Crippen LogP contribution in [0.25, 0.3) is 0 Å². The average molecular weight is 275 g/mol. The third-order valence-electron chi connectivity index (χ3n) is 3.62. The summed E-state index contributed by atoms with van der Waals surface area (Å²) >= 11 is 0. The number of anilines is 1. The molecule has 1 aliphatic heterocycles. The van der Waals surface area contributed by atoms with Crippen molar-refractivity contribution < 1.29 is 9.59 Å². The van der Waals surface area contributed by atoms with Crippen LogP contribution in [0.4, 0.5) is 5.69 Å². The summed E-state index contributed by atoms with van der Waals surface area (Å²) in [5.74, 6) is -0.311. The molecule has 2 atom stereocenters. The molecule has 1 aliphatic rings. The number of hydrogen-bond donors (Lipinski definition) is 2. The Balaban J connectivity index is 2.35. The quantitative estimate of drug-likeness (QED) is 0.854. The Bertz CT molecular complexity index is 516. The lowest BCUT2D eigenvalue weighted by Gasteiger charge is -2.27. The largest absolute Gasteiger partial charge is 0.355 e. The van der Waals surface area contributed by atoms with Crippen LogP contribution in [0.5, 0.6) is 0 Å². The highest BCUT2D eigenvalue weighted by atomic mass is 16.2. The Labute approximate surface area is 119 Å². The Morgan fingerprint density at radius 3 is 2.75 bits per heavy atom. The molecular weight excluding hydrogens is 254 g/mol. The molecule has 1 aromatic carbocycles. The lowest BCUT2D eigenvalue weighted by atomic mass is 10.1. The fourth-order valence-electron chi connectivity index (χ4n) is 2.51. The van der Waals surface area contributed by atoms with Crippen LogP contribution in [0, 0.1) is 0 Å². The molecule has 5 nitrogen and oxygen atoms in total. The minimum absolute atomic E-state index is 0.125. The van der Waals surface area contributed by atoms with Gasteiger partial charge in [0.25, 0.3) is 0 Å². The van der Waals surface area contributed by atoms with E-state index in [2.05, 4.69) is 5.32 Å². The number of carbonyl (C=O) groups excluding carboxylic acids is 2. The Morgan fingerprint density at radius 2 is 2.10 bits per heavy atom. The molecule has 0 aromatic heterocycles. The summed E-state index contributed by atoms with van der Waals surface area (Å²) in [5, 5.41) is 2.79. The van der Waals surface area contributed by atoms with Crippen molar-refractivity contribution in [1.82, 2.24) is 5.32 Å². The lowest BCUT2D eigenvalue weighted by Crippen LogP contribution is -2.52. The van der Waals surface area contributed by atoms with Gasteiger partial charge < -0.3 is 11.1 Å². The molecule has 1 aromatic rings. The van der Waals surface area contributed by atoms with Crippen molar-refractivity contribution in [2.24, 2.45) is 5.73 Å². The normalized spacial score (nSPS) is 18.6. The predicted molar refractivity (Wildman–Crippen MR) is 78.4 cm³/mol. The van der Waals surface area contributed by atoms with Gasteiger partial charge in [0, 0.05) is 18.7 Å². The molecule has 0 bridgehead atoms. The van der Waals surface area contributed by atoms with E-state index < -0.39 is 12.1 Å². The van der Waals surface area contributed by atoms with Gasteiger partial charge in [-0.1, -0.05) is 25.1 Å². The molecule has 2 amide bonds. The van der Waals surface area contributed by atoms with Gasteiger partial charge in [0.1, 0.15) is 6.04 Å². The van der Waals surface area contributed by atoms with Crippen molar-refractivity contribution in [2.45, 2.75) is 38.8 Å². The molecule has 108 valence electrons. The van der Waals surface area contributed by atoms with Crippen molar-refractivity contribution >= 4 is 17.5 Å². The van der Waals surface area contributed by atoms with Crippen molar-refractivity contribution in [3.05, 3.63) is 29.8 Å². The topological polar surface area (TPSA) is 75.4 Å². The minimum Gasteiger partial charge on any atom is -0.355 e. The van der Waals surface area contributed by atoms with Crippen LogP contribution >= 0.6 is 0 Å². The first-order chi connectivity index (χ1) is 9.60. The van der Waals surface area contributed by atoms with Gasteiger partial charge in [0.15, 0.2) is 0 Å². The van der Waals surface area contributed by atoms with Crippen molar-refractivity contribution in [3.8, 4) is 0 Å². The summed E-state index contributed by atoms with van der Waals surface area (Å²) in [6.07, 6.45) is 1.10. The molecule has 0 saturated carbocycles. The van der Waals surface area contributed by atoms with E-state index in [4.69, 9.17) is 5.73 Å². The van der Waals surface area contributed by atoms with Gasteiger partial charge in [-0.2, -0.15) is 0 Å². The number of amides is 2. The fourth-order valence-corrected chi connectivity index (χ4v) is 2.51. The SMILES string of the molecule is CCNC(=O)[C@@H]1Cc2ccccc2N1C(=O)C(N)CC. The summed E-state index contributed by atoms with van der Waals surface area (Å²) in [6, 6.07) is 6.55. The highest BCUT2D eigenvalue weighted by Gasteiger charge is 2.39. The van der Waals surface area contributed by atoms with Crippen LogP contribution in [0.15, 0.2) is 24.3 Å². The van der Waals surface area contributed by atoms with E-state index >= 15 is 0 Å². The summed E-state index contributed by atoms with van der Waals surface area (Å²) in [5.41, 5.74) is 7.68. The predicted octanol–water partition coefficient (Wildman–Crippen LogP) is 0.818. The average Bonchev–Trinajstić information content (AvgIpc) is 2.85. The first-order valence-electron chi connectivity index (χ1n) is 7.04. The van der Waals surface area contributed by atoms with Gasteiger partial charge in [-0.05, 0) is 25.0 Å². The number of likely N-dealkylation sites (N-methyl/N-ethyl adjacent to an activating group) is 1. The number of nitrogens with zero attached hydrogens (tertiary/aromatic N) is 1. The highest BCUT2D eigenvalue weighted by molar-refractivity contribution is 6.05. The van der Waals surface area contributed by atoms with Crippen LogP contribution in [-0.4, -0.2) is 30.4 Å². The maximum Gasteiger partial charge on any atom is 0.244 e. The van der Waals surface area contributed by atoms with Gasteiger partial charge in [-0.25, -0.2) is 0 Å². The highest BCUT2D eigenvalue weighted by Crippen LogP contribution is 2.32. The number of rotatable bonds is 4. The van der Waals surface area contributed by atoms with Gasteiger partial charge in [-0.3, -0.25) is 14.5 Å². The molecule has 0 spiro atoms. The summed E-state index contributed by atoms with van der Waals surface area (Å²) in [6.45, 7) is 4.28. The Morgan fingerprint density at radius 1 is 1.40 bits per heavy atom. The number of benzene rings is 1. The van der Waals surface area contributed by atoms with Crippen LogP contribution in [-0.2, 0) is 16.0 Å². The zero-order valence-electron chi connectivity index (χ0n) is 11.9. The van der Waals surface area contributed by atoms with Crippen molar-refractivity contribution in [2.75, 3.05) is 11.4 Å². The van der Waals surface area contributed by atoms with E-state index in [-0.39, 0.29) is 11.8 Å². The zero-order valence-corrected chi connectivity index (χ0v) is 11.9. The van der Waals surface area contributed by atoms with Crippen LogP contribution in [0.1, 0.15) is 25.8 Å². The first kappa shape index (κ1) is 14.5. The maximum atomic E-state index is 12.5. The van der Waals surface area contributed by atoms with E-state index in [1.165, 1.54) is 0 Å². The smallest absolute Gasteiger partial charge is 0.244 e. The van der Waals surface area contributed by atoms with Crippen molar-refractivity contribution in [1.29, 1.82) is 0 Å². The van der Waals surface area contributed by atoms with Crippen LogP contribution < -0.4 is 16.0 Å². The monoisotopic (exact) mass is 275 g/mol. The molecule has 1 heterocycles. The van der Waals surface area contributed by atoms with Gasteiger partial charge in [-0.15, -0.1) is 0 Å². The number of carbonyl (C=O) groups is 2. The third-order valence-corrected chi connectivity index (χ3v) is 3.62. The summed E-state index contributed by atoms with van der Waals surface area (Å²) in [4.78, 5) is 26.2. The molecule has 20 heavy (non-hydrogen) atoms. The van der Waals surface area contributed by atoms with E-state index in [9.17, 15) is 9.59 Å². The second-order valence-corrected chi connectivity index (χ2v) is 4.97. The first-order valence-corrected chi connectivity index (χ1v) is 7.04. The van der Waals surface area contributed by atoms with Gasteiger partial charge >= 0.3 is 0 Å². The molecule has 0 aliphatic carbocycles. The van der Waals surface area contributed by atoms with E-state index in [1.54, 1.807) is 4.90 Å². The molecular formula is C15H21N3O2. The van der Waals surface area contributed by atoms with E-state index in [0.29, 0.717) is 19.4 Å². The molecule has 0 radical (unpaired) electrons. The van der Waals surface area contributed by atoms with Gasteiger partial charge in [0.05, 0.1) is 6.04 Å². The number of para-hydroxylation sites is 1. The van der Waals surface area contributed by atoms with E-state index in [0.717, 1.165) is 11.3 Å². The van der Waals surface area contributed by atoms with Gasteiger partial charge in [0.2, 0.25) is 11.8 Å². The maximum absolute atomic E-state index is 12.5. The van der Waals surface area contributed by atoms with Crippen LogP contribution in [0.2, 0.25) is 0 Å². The third kappa shape index (κ3) is 2.54. The molecule has 3 N–H and O–H groups in total. The molecule has 0 fully saturated rings. The van der Waals surface area contributed by atoms with E-state index in [1.807, 2.05) is 38.1 Å². The fraction of sp³-hybridized carbons (Fsp3) is 0.467. The number of nitrogens with one attached hydrogen (secondary N) is 1. The Kier molecular flexibility index (Phi) is 4.39. The summed E-state index contributed by atoms with van der Waals surface area (Å²) < 4.78 is 0. The van der Waals surface area contributed by atoms with Crippen LogP contribution in [0.3, 0.4) is 0 Å². The Hall–Kier alpha value is -1.88. The number of hydrogen-bond acceptors (Lipinski definition) is 3. The minimum atomic E-state index is -0.571. The zero-order chi connectivity index (χ0) is 14.7. The molecule has 5 heteroatoms.